The van der Waals surface area contributed by atoms with Gasteiger partial charge in [0.25, 0.3) is 0 Å². The van der Waals surface area contributed by atoms with Gasteiger partial charge in [-0.3, -0.25) is 0 Å². The van der Waals surface area contributed by atoms with Crippen molar-refractivity contribution in [2.75, 3.05) is 0 Å². The van der Waals surface area contributed by atoms with Gasteiger partial charge in [-0.15, -0.1) is 0 Å². The lowest BCUT2D eigenvalue weighted by Gasteiger charge is -1.94. The van der Waals surface area contributed by atoms with Crippen LogP contribution in [0.5, 0.6) is 0 Å². The normalized spacial score (nSPS) is 10.6. The van der Waals surface area contributed by atoms with Gasteiger partial charge in [-0.1, -0.05) is 18.2 Å². The largest absolute Gasteiger partial charge is 1.00 e. The van der Waals surface area contributed by atoms with Gasteiger partial charge >= 0.3 is 0 Å². The molecule has 82 valence electrons. The molecule has 1 aromatic carbocycles. The molecule has 0 aliphatic heterocycles. The zero-order chi connectivity index (χ0) is 10.4. The van der Waals surface area contributed by atoms with Crippen LogP contribution in [0.1, 0.15) is 0 Å². The molecule has 0 N–H and O–H groups in total. The maximum Gasteiger partial charge on any atom is 0.193 e. The quantitative estimate of drug-likeness (QED) is 0.377. The highest BCUT2D eigenvalue weighted by molar-refractivity contribution is 6.07. The molecule has 0 atom stereocenters. The number of aromatic nitrogens is 2. The summed E-state index contributed by atoms with van der Waals surface area (Å²) in [6.45, 7) is 0. The Morgan fingerprint density at radius 1 is 1.00 bits per heavy atom. The van der Waals surface area contributed by atoms with Crippen LogP contribution in [0.4, 0.5) is 0 Å². The Labute approximate surface area is 112 Å². The molecular formula is C13H13IN2. The van der Waals surface area contributed by atoms with Gasteiger partial charge in [0.1, 0.15) is 12.6 Å². The van der Waals surface area contributed by atoms with Crippen LogP contribution >= 0.6 is 0 Å². The SMILES string of the molecule is Cn1c2ccccc2c2cc[n+](C)cc21.[I-]. The second-order valence-corrected chi connectivity index (χ2v) is 3.99. The molecule has 3 heteroatoms. The first-order valence-electron chi connectivity index (χ1n) is 5.10. The van der Waals surface area contributed by atoms with Crippen LogP contribution in [0.25, 0.3) is 21.8 Å². The number of hydrogen-bond acceptors (Lipinski definition) is 0. The van der Waals surface area contributed by atoms with Crippen LogP contribution in [0.3, 0.4) is 0 Å². The summed E-state index contributed by atoms with van der Waals surface area (Å²) in [5, 5.41) is 2.65. The van der Waals surface area contributed by atoms with Crippen LogP contribution < -0.4 is 28.5 Å². The van der Waals surface area contributed by atoms with Crippen LogP contribution in [0, 0.1) is 0 Å². The molecule has 0 fully saturated rings. The van der Waals surface area contributed by atoms with Gasteiger partial charge in [0.05, 0.1) is 0 Å². The van der Waals surface area contributed by atoms with Crippen molar-refractivity contribution in [3.05, 3.63) is 42.7 Å². The minimum Gasteiger partial charge on any atom is -1.00 e. The lowest BCUT2D eigenvalue weighted by Crippen LogP contribution is -3.00. The summed E-state index contributed by atoms with van der Waals surface area (Å²) in [6.07, 6.45) is 4.25. The van der Waals surface area contributed by atoms with Crippen molar-refractivity contribution in [2.45, 2.75) is 0 Å². The fourth-order valence-corrected chi connectivity index (χ4v) is 2.20. The molecule has 0 saturated heterocycles. The summed E-state index contributed by atoms with van der Waals surface area (Å²) in [7, 11) is 4.17. The molecule has 0 aliphatic rings. The zero-order valence-electron chi connectivity index (χ0n) is 9.31. The summed E-state index contributed by atoms with van der Waals surface area (Å²) in [5.41, 5.74) is 2.57. The van der Waals surface area contributed by atoms with Gasteiger partial charge in [0, 0.05) is 29.4 Å². The highest BCUT2D eigenvalue weighted by atomic mass is 127. The maximum atomic E-state index is 2.24. The summed E-state index contributed by atoms with van der Waals surface area (Å²) < 4.78 is 4.33. The molecule has 0 amide bonds. The third-order valence-electron chi connectivity index (χ3n) is 3.00. The third kappa shape index (κ3) is 1.50. The second-order valence-electron chi connectivity index (χ2n) is 3.99. The lowest BCUT2D eigenvalue weighted by molar-refractivity contribution is -0.670. The minimum atomic E-state index is 0. The predicted octanol–water partition coefficient (Wildman–Crippen LogP) is -0.840. The Morgan fingerprint density at radius 3 is 2.50 bits per heavy atom. The number of rotatable bonds is 0. The molecule has 0 aliphatic carbocycles. The van der Waals surface area contributed by atoms with Gasteiger partial charge in [-0.25, -0.2) is 4.57 Å². The van der Waals surface area contributed by atoms with Crippen molar-refractivity contribution in [3.8, 4) is 0 Å². The van der Waals surface area contributed by atoms with E-state index in [4.69, 9.17) is 0 Å². The van der Waals surface area contributed by atoms with Crippen LogP contribution in [0.2, 0.25) is 0 Å². The first-order chi connectivity index (χ1) is 7.27. The van der Waals surface area contributed by atoms with Gasteiger partial charge in [-0.05, 0) is 6.07 Å². The number of halogens is 1. The van der Waals surface area contributed by atoms with Crippen LogP contribution in [-0.4, -0.2) is 4.57 Å². The van der Waals surface area contributed by atoms with E-state index in [1.165, 1.54) is 21.8 Å². The van der Waals surface area contributed by atoms with E-state index in [1.54, 1.807) is 0 Å². The fraction of sp³-hybridized carbons (Fsp3) is 0.154. The zero-order valence-corrected chi connectivity index (χ0v) is 11.5. The van der Waals surface area contributed by atoms with Crippen molar-refractivity contribution in [3.63, 3.8) is 0 Å². The summed E-state index contributed by atoms with van der Waals surface area (Å²) in [4.78, 5) is 0. The Morgan fingerprint density at radius 2 is 1.69 bits per heavy atom. The average molecular weight is 324 g/mol. The Kier molecular flexibility index (Phi) is 2.88. The number of nitrogens with zero attached hydrogens (tertiary/aromatic N) is 2. The Hall–Kier alpha value is -1.10. The molecule has 0 saturated carbocycles. The molecular weight excluding hydrogens is 311 g/mol. The van der Waals surface area contributed by atoms with Crippen molar-refractivity contribution in [1.29, 1.82) is 0 Å². The van der Waals surface area contributed by atoms with E-state index >= 15 is 0 Å². The first kappa shape index (κ1) is 11.4. The van der Waals surface area contributed by atoms with E-state index in [2.05, 4.69) is 66.0 Å². The Bertz CT molecular complexity index is 655. The van der Waals surface area contributed by atoms with Crippen molar-refractivity contribution in [2.24, 2.45) is 14.1 Å². The number of para-hydroxylation sites is 1. The lowest BCUT2D eigenvalue weighted by atomic mass is 10.2. The summed E-state index contributed by atoms with van der Waals surface area (Å²) in [6, 6.07) is 10.7. The maximum absolute atomic E-state index is 2.24. The molecule has 0 spiro atoms. The van der Waals surface area contributed by atoms with Crippen molar-refractivity contribution < 1.29 is 28.5 Å². The summed E-state index contributed by atoms with van der Waals surface area (Å²) >= 11 is 0. The highest BCUT2D eigenvalue weighted by Gasteiger charge is 2.09. The summed E-state index contributed by atoms with van der Waals surface area (Å²) in [5.74, 6) is 0. The molecule has 0 unspecified atom stereocenters. The van der Waals surface area contributed by atoms with Crippen molar-refractivity contribution >= 4 is 21.8 Å². The molecule has 0 bridgehead atoms. The predicted molar refractivity (Wildman–Crippen MR) is 61.6 cm³/mol. The molecule has 0 radical (unpaired) electrons. The van der Waals surface area contributed by atoms with Gasteiger partial charge in [-0.2, -0.15) is 0 Å². The molecule has 16 heavy (non-hydrogen) atoms. The van der Waals surface area contributed by atoms with Gasteiger partial charge < -0.3 is 28.5 Å². The molecule has 2 aromatic heterocycles. The molecule has 3 rings (SSSR count). The number of pyridine rings is 1. The number of fused-ring (bicyclic) bond motifs is 3. The topological polar surface area (TPSA) is 8.81 Å². The van der Waals surface area contributed by atoms with E-state index < -0.39 is 0 Å². The van der Waals surface area contributed by atoms with Gasteiger partial charge in [0.2, 0.25) is 0 Å². The van der Waals surface area contributed by atoms with E-state index in [0.717, 1.165) is 0 Å². The number of hydrogen-bond donors (Lipinski definition) is 0. The van der Waals surface area contributed by atoms with Crippen molar-refractivity contribution in [1.82, 2.24) is 4.57 Å². The molecule has 2 nitrogen and oxygen atoms in total. The Balaban J connectivity index is 0.000000963. The second kappa shape index (κ2) is 4.05. The average Bonchev–Trinajstić information content (AvgIpc) is 2.54. The monoisotopic (exact) mass is 324 g/mol. The van der Waals surface area contributed by atoms with E-state index in [-0.39, 0.29) is 24.0 Å². The molecule has 2 heterocycles. The minimum absolute atomic E-state index is 0. The van der Waals surface area contributed by atoms with E-state index in [1.807, 2.05) is 0 Å². The third-order valence-corrected chi connectivity index (χ3v) is 3.00. The van der Waals surface area contributed by atoms with E-state index in [9.17, 15) is 0 Å². The molecule has 3 aromatic rings. The van der Waals surface area contributed by atoms with Crippen LogP contribution in [-0.2, 0) is 14.1 Å². The van der Waals surface area contributed by atoms with E-state index in [0.29, 0.717) is 0 Å². The van der Waals surface area contributed by atoms with Crippen LogP contribution in [0.15, 0.2) is 42.7 Å². The first-order valence-corrected chi connectivity index (χ1v) is 5.10. The number of aryl methyl sites for hydroxylation is 2. The number of benzene rings is 1. The van der Waals surface area contributed by atoms with Gasteiger partial charge in [0.15, 0.2) is 12.4 Å². The standard InChI is InChI=1S/C13H13N2.HI/c1-14-8-7-11-10-5-3-4-6-12(10)15(2)13(11)9-14;/h3-9H,1-2H3;1H/q+1;/p-1. The fourth-order valence-electron chi connectivity index (χ4n) is 2.20. The smallest absolute Gasteiger partial charge is 0.193 e. The highest BCUT2D eigenvalue weighted by Crippen LogP contribution is 2.26.